The van der Waals surface area contributed by atoms with Crippen molar-refractivity contribution < 1.29 is 4.74 Å². The lowest BCUT2D eigenvalue weighted by Gasteiger charge is -2.32. The monoisotopic (exact) mass is 285 g/mol. The van der Waals surface area contributed by atoms with Crippen LogP contribution in [0.5, 0.6) is 0 Å². The molecule has 1 saturated heterocycles. The van der Waals surface area contributed by atoms with E-state index in [-0.39, 0.29) is 11.9 Å². The summed E-state index contributed by atoms with van der Waals surface area (Å²) in [5.74, 6) is 0.0788. The molecule has 6 nitrogen and oxygen atoms in total. The van der Waals surface area contributed by atoms with Crippen LogP contribution in [0.1, 0.15) is 18.3 Å². The van der Waals surface area contributed by atoms with Crippen molar-refractivity contribution in [1.29, 1.82) is 5.41 Å². The van der Waals surface area contributed by atoms with Gasteiger partial charge in [-0.25, -0.2) is 0 Å². The molecule has 1 unspecified atom stereocenters. The number of nitrogens with zero attached hydrogens (tertiary/aromatic N) is 3. The molecule has 0 aliphatic carbocycles. The zero-order valence-corrected chi connectivity index (χ0v) is 12.1. The third-order valence-electron chi connectivity index (χ3n) is 3.37. The molecule has 1 aliphatic rings. The molecule has 1 fully saturated rings. The number of rotatable bonds is 4. The Morgan fingerprint density at radius 1 is 1.63 bits per heavy atom. The summed E-state index contributed by atoms with van der Waals surface area (Å²) >= 11 is 6.34. The van der Waals surface area contributed by atoms with Crippen LogP contribution >= 0.6 is 11.6 Å². The fourth-order valence-corrected chi connectivity index (χ4v) is 2.59. The molecule has 106 valence electrons. The minimum atomic E-state index is -0.314. The molecular formula is C12H20ClN5O. The van der Waals surface area contributed by atoms with Crippen LogP contribution in [-0.4, -0.2) is 46.3 Å². The number of nitrogens with one attached hydrogen (secondary N) is 1. The van der Waals surface area contributed by atoms with E-state index in [0.29, 0.717) is 19.7 Å². The number of amidine groups is 1. The summed E-state index contributed by atoms with van der Waals surface area (Å²) < 4.78 is 7.28. The fourth-order valence-electron chi connectivity index (χ4n) is 2.24. The zero-order valence-electron chi connectivity index (χ0n) is 11.3. The molecule has 0 spiro atoms. The molecule has 19 heavy (non-hydrogen) atoms. The Balaban J connectivity index is 2.08. The summed E-state index contributed by atoms with van der Waals surface area (Å²) in [6.07, 6.45) is 0.512. The Bertz CT molecular complexity index is 473. The Hall–Kier alpha value is -1.11. The molecule has 0 amide bonds. The Morgan fingerprint density at radius 3 is 2.95 bits per heavy atom. The molecule has 1 aromatic heterocycles. The highest BCUT2D eigenvalue weighted by Crippen LogP contribution is 2.23. The third kappa shape index (κ3) is 3.08. The highest BCUT2D eigenvalue weighted by Gasteiger charge is 2.24. The molecule has 2 heterocycles. The Morgan fingerprint density at radius 2 is 2.37 bits per heavy atom. The first-order valence-corrected chi connectivity index (χ1v) is 6.78. The largest absolute Gasteiger partial charge is 0.385 e. The van der Waals surface area contributed by atoms with Gasteiger partial charge in [0.2, 0.25) is 0 Å². The lowest BCUT2D eigenvalue weighted by Crippen LogP contribution is -2.47. The summed E-state index contributed by atoms with van der Waals surface area (Å²) in [5, 5.41) is 12.6. The molecule has 1 atom stereocenters. The van der Waals surface area contributed by atoms with E-state index in [1.807, 2.05) is 18.7 Å². The molecule has 0 saturated carbocycles. The standard InChI is InChI=1S/C12H20ClN5O/c1-3-8-11(13)9(17(2)16-8)6-18-4-5-19-10(7-18)12(14)15/h10H,3-7H2,1-2H3,(H3,14,15). The van der Waals surface area contributed by atoms with Crippen LogP contribution in [0.25, 0.3) is 0 Å². The molecule has 1 aromatic rings. The van der Waals surface area contributed by atoms with E-state index in [4.69, 9.17) is 27.5 Å². The van der Waals surface area contributed by atoms with Crippen molar-refractivity contribution in [3.8, 4) is 0 Å². The second kappa shape index (κ2) is 5.90. The Kier molecular flexibility index (Phi) is 4.44. The van der Waals surface area contributed by atoms with E-state index >= 15 is 0 Å². The number of aromatic nitrogens is 2. The number of aryl methyl sites for hydroxylation is 2. The van der Waals surface area contributed by atoms with E-state index in [0.717, 1.165) is 29.4 Å². The number of nitrogens with two attached hydrogens (primary N) is 1. The van der Waals surface area contributed by atoms with Gasteiger partial charge in [0.1, 0.15) is 11.9 Å². The highest BCUT2D eigenvalue weighted by molar-refractivity contribution is 6.31. The van der Waals surface area contributed by atoms with Gasteiger partial charge in [0.25, 0.3) is 0 Å². The smallest absolute Gasteiger partial charge is 0.127 e. The van der Waals surface area contributed by atoms with Crippen LogP contribution in [0.4, 0.5) is 0 Å². The van der Waals surface area contributed by atoms with Gasteiger partial charge in [0.15, 0.2) is 0 Å². The van der Waals surface area contributed by atoms with Crippen LogP contribution < -0.4 is 5.73 Å². The zero-order chi connectivity index (χ0) is 14.0. The third-order valence-corrected chi connectivity index (χ3v) is 3.81. The van der Waals surface area contributed by atoms with Crippen molar-refractivity contribution in [2.75, 3.05) is 19.7 Å². The first kappa shape index (κ1) is 14.3. The molecule has 7 heteroatoms. The minimum absolute atomic E-state index is 0.0788. The van der Waals surface area contributed by atoms with Crippen molar-refractivity contribution in [2.24, 2.45) is 12.8 Å². The summed E-state index contributed by atoms with van der Waals surface area (Å²) in [7, 11) is 1.91. The van der Waals surface area contributed by atoms with E-state index in [1.54, 1.807) is 0 Å². The lowest BCUT2D eigenvalue weighted by atomic mass is 10.2. The van der Waals surface area contributed by atoms with Crippen LogP contribution in [0.3, 0.4) is 0 Å². The topological polar surface area (TPSA) is 80.2 Å². The van der Waals surface area contributed by atoms with Gasteiger partial charge < -0.3 is 10.5 Å². The normalized spacial score (nSPS) is 20.7. The van der Waals surface area contributed by atoms with Crippen LogP contribution in [0.15, 0.2) is 0 Å². The maximum Gasteiger partial charge on any atom is 0.127 e. The highest BCUT2D eigenvalue weighted by atomic mass is 35.5. The van der Waals surface area contributed by atoms with Gasteiger partial charge in [-0.1, -0.05) is 18.5 Å². The van der Waals surface area contributed by atoms with Crippen LogP contribution in [0, 0.1) is 5.41 Å². The first-order chi connectivity index (χ1) is 9.02. The summed E-state index contributed by atoms with van der Waals surface area (Å²) in [6.45, 7) is 4.76. The predicted octanol–water partition coefficient (Wildman–Crippen LogP) is 0.773. The van der Waals surface area contributed by atoms with Gasteiger partial charge in [0.05, 0.1) is 23.0 Å². The molecule has 0 aromatic carbocycles. The van der Waals surface area contributed by atoms with Crippen molar-refractivity contribution in [1.82, 2.24) is 14.7 Å². The maximum absolute atomic E-state index is 7.46. The van der Waals surface area contributed by atoms with E-state index in [9.17, 15) is 0 Å². The van der Waals surface area contributed by atoms with Crippen LogP contribution in [0.2, 0.25) is 5.02 Å². The summed E-state index contributed by atoms with van der Waals surface area (Å²) in [5.41, 5.74) is 7.43. The summed E-state index contributed by atoms with van der Waals surface area (Å²) in [6, 6.07) is 0. The molecule has 3 N–H and O–H groups in total. The van der Waals surface area contributed by atoms with Gasteiger partial charge in [-0.3, -0.25) is 15.0 Å². The maximum atomic E-state index is 7.46. The van der Waals surface area contributed by atoms with Gasteiger partial charge in [-0.05, 0) is 6.42 Å². The Labute approximate surface area is 118 Å². The molecule has 2 rings (SSSR count). The number of ether oxygens (including phenoxy) is 1. The van der Waals surface area contributed by atoms with Gasteiger partial charge in [-0.2, -0.15) is 5.10 Å². The van der Waals surface area contributed by atoms with Crippen molar-refractivity contribution in [3.05, 3.63) is 16.4 Å². The lowest BCUT2D eigenvalue weighted by molar-refractivity contribution is 0.00154. The summed E-state index contributed by atoms with van der Waals surface area (Å²) in [4.78, 5) is 2.19. The molecule has 0 bridgehead atoms. The second-order valence-corrected chi connectivity index (χ2v) is 5.11. The number of morpholine rings is 1. The van der Waals surface area contributed by atoms with Crippen molar-refractivity contribution in [3.63, 3.8) is 0 Å². The fraction of sp³-hybridized carbons (Fsp3) is 0.667. The number of hydrogen-bond donors (Lipinski definition) is 2. The molecular weight excluding hydrogens is 266 g/mol. The average molecular weight is 286 g/mol. The number of halogens is 1. The van der Waals surface area contributed by atoms with E-state index < -0.39 is 0 Å². The van der Waals surface area contributed by atoms with E-state index in [2.05, 4.69) is 10.00 Å². The quantitative estimate of drug-likeness (QED) is 0.633. The van der Waals surface area contributed by atoms with Gasteiger partial charge in [-0.15, -0.1) is 0 Å². The predicted molar refractivity (Wildman–Crippen MR) is 74.5 cm³/mol. The first-order valence-electron chi connectivity index (χ1n) is 6.41. The van der Waals surface area contributed by atoms with E-state index in [1.165, 1.54) is 0 Å². The van der Waals surface area contributed by atoms with Gasteiger partial charge in [0, 0.05) is 26.7 Å². The van der Waals surface area contributed by atoms with Crippen molar-refractivity contribution >= 4 is 17.4 Å². The van der Waals surface area contributed by atoms with Crippen molar-refractivity contribution in [2.45, 2.75) is 26.0 Å². The van der Waals surface area contributed by atoms with Crippen LogP contribution in [-0.2, 0) is 24.8 Å². The number of hydrogen-bond acceptors (Lipinski definition) is 4. The molecule has 1 aliphatic heterocycles. The SMILES string of the molecule is CCc1nn(C)c(CN2CCOC(C(=N)N)C2)c1Cl. The average Bonchev–Trinajstić information content (AvgIpc) is 2.66. The minimum Gasteiger partial charge on any atom is -0.385 e. The molecule has 0 radical (unpaired) electrons. The second-order valence-electron chi connectivity index (χ2n) is 4.73. The van der Waals surface area contributed by atoms with Gasteiger partial charge >= 0.3 is 0 Å².